The van der Waals surface area contributed by atoms with Gasteiger partial charge in [-0.1, -0.05) is 6.92 Å². The largest absolute Gasteiger partial charge is 0.469 e. The van der Waals surface area contributed by atoms with E-state index in [1.807, 2.05) is 0 Å². The first-order valence-electron chi connectivity index (χ1n) is 6.76. The van der Waals surface area contributed by atoms with Crippen molar-refractivity contribution < 1.29 is 22.7 Å². The van der Waals surface area contributed by atoms with E-state index in [2.05, 4.69) is 10.1 Å². The van der Waals surface area contributed by atoms with E-state index >= 15 is 0 Å². The fourth-order valence-electron chi connectivity index (χ4n) is 2.22. The van der Waals surface area contributed by atoms with Crippen LogP contribution in [0.5, 0.6) is 0 Å². The molecule has 0 radical (unpaired) electrons. The highest BCUT2D eigenvalue weighted by molar-refractivity contribution is 7.89. The molecule has 1 saturated heterocycles. The molecule has 0 aromatic heterocycles. The molecule has 8 heteroatoms. The minimum atomic E-state index is -3.37. The number of carbonyl (C=O) groups is 2. The summed E-state index contributed by atoms with van der Waals surface area (Å²) in [5.41, 5.74) is 0. The molecule has 1 amide bonds. The molecular formula is C12H22N2O5S. The molecule has 0 aromatic carbocycles. The van der Waals surface area contributed by atoms with Gasteiger partial charge in [0.15, 0.2) is 0 Å². The lowest BCUT2D eigenvalue weighted by Gasteiger charge is -2.23. The Bertz CT molecular complexity index is 449. The number of nitrogens with one attached hydrogen (secondary N) is 1. The van der Waals surface area contributed by atoms with Gasteiger partial charge in [0.2, 0.25) is 15.9 Å². The second-order valence-electron chi connectivity index (χ2n) is 4.70. The van der Waals surface area contributed by atoms with Crippen LogP contribution in [-0.2, 0) is 24.3 Å². The molecule has 0 aromatic rings. The molecule has 1 fully saturated rings. The van der Waals surface area contributed by atoms with E-state index in [0.717, 1.165) is 0 Å². The maximum atomic E-state index is 12.0. The number of nitrogens with zero attached hydrogens (tertiary/aromatic N) is 1. The number of amides is 1. The van der Waals surface area contributed by atoms with Gasteiger partial charge in [0, 0.05) is 13.1 Å². The van der Waals surface area contributed by atoms with Gasteiger partial charge >= 0.3 is 5.97 Å². The van der Waals surface area contributed by atoms with Crippen LogP contribution in [0.3, 0.4) is 0 Å². The summed E-state index contributed by atoms with van der Waals surface area (Å²) < 4.78 is 29.8. The predicted molar refractivity (Wildman–Crippen MR) is 73.4 cm³/mol. The van der Waals surface area contributed by atoms with E-state index in [0.29, 0.717) is 25.8 Å². The van der Waals surface area contributed by atoms with Gasteiger partial charge in [-0.3, -0.25) is 9.59 Å². The molecule has 1 aliphatic rings. The van der Waals surface area contributed by atoms with Crippen LogP contribution in [0.15, 0.2) is 0 Å². The van der Waals surface area contributed by atoms with Crippen LogP contribution in [0, 0.1) is 0 Å². The third-order valence-electron chi connectivity index (χ3n) is 3.18. The number of hydrogen-bond acceptors (Lipinski definition) is 5. The fraction of sp³-hybridized carbons (Fsp3) is 0.833. The van der Waals surface area contributed by atoms with Crippen molar-refractivity contribution in [3.63, 3.8) is 0 Å². The first-order valence-corrected chi connectivity index (χ1v) is 8.37. The quantitative estimate of drug-likeness (QED) is 0.661. The lowest BCUT2D eigenvalue weighted by Crippen LogP contribution is -2.46. The number of carbonyl (C=O) groups excluding carboxylic acids is 2. The molecule has 0 spiro atoms. The van der Waals surface area contributed by atoms with E-state index in [4.69, 9.17) is 0 Å². The van der Waals surface area contributed by atoms with Crippen molar-refractivity contribution in [3.05, 3.63) is 0 Å². The number of hydrogen-bond donors (Lipinski definition) is 1. The summed E-state index contributed by atoms with van der Waals surface area (Å²) in [6, 6.07) is -0.649. The molecule has 116 valence electrons. The van der Waals surface area contributed by atoms with Gasteiger partial charge in [-0.25, -0.2) is 8.42 Å². The van der Waals surface area contributed by atoms with E-state index in [1.54, 1.807) is 6.92 Å². The van der Waals surface area contributed by atoms with Crippen LogP contribution in [-0.4, -0.2) is 56.6 Å². The number of methoxy groups -OCH3 is 1. The normalized spacial score (nSPS) is 19.8. The van der Waals surface area contributed by atoms with Gasteiger partial charge < -0.3 is 10.1 Å². The summed E-state index contributed by atoms with van der Waals surface area (Å²) in [6.45, 7) is 2.33. The third kappa shape index (κ3) is 4.45. The van der Waals surface area contributed by atoms with Gasteiger partial charge in [-0.15, -0.1) is 0 Å². The Morgan fingerprint density at radius 2 is 2.10 bits per heavy atom. The van der Waals surface area contributed by atoms with Gasteiger partial charge in [-0.05, 0) is 19.3 Å². The SMILES string of the molecule is CCCS(=O)(=O)N1CCCC1C(=O)NCCC(=O)OC. The lowest BCUT2D eigenvalue weighted by molar-refractivity contribution is -0.140. The summed E-state index contributed by atoms with van der Waals surface area (Å²) in [5, 5.41) is 2.59. The molecular weight excluding hydrogens is 284 g/mol. The molecule has 0 saturated carbocycles. The maximum absolute atomic E-state index is 12.0. The van der Waals surface area contributed by atoms with Crippen LogP contribution in [0.4, 0.5) is 0 Å². The number of esters is 1. The standard InChI is InChI=1S/C12H22N2O5S/c1-3-9-20(17,18)14-8-4-5-10(14)12(16)13-7-6-11(15)19-2/h10H,3-9H2,1-2H3,(H,13,16). The molecule has 20 heavy (non-hydrogen) atoms. The van der Waals surface area contributed by atoms with Crippen LogP contribution < -0.4 is 5.32 Å². The fourth-order valence-corrected chi connectivity index (χ4v) is 3.96. The highest BCUT2D eigenvalue weighted by Gasteiger charge is 2.37. The Balaban J connectivity index is 2.56. The minimum absolute atomic E-state index is 0.0545. The molecule has 7 nitrogen and oxygen atoms in total. The number of sulfonamides is 1. The minimum Gasteiger partial charge on any atom is -0.469 e. The van der Waals surface area contributed by atoms with Crippen molar-refractivity contribution in [1.82, 2.24) is 9.62 Å². The van der Waals surface area contributed by atoms with E-state index in [1.165, 1.54) is 11.4 Å². The summed E-state index contributed by atoms with van der Waals surface area (Å²) in [7, 11) is -2.09. The first kappa shape index (κ1) is 16.9. The molecule has 1 aliphatic heterocycles. The maximum Gasteiger partial charge on any atom is 0.307 e. The zero-order chi connectivity index (χ0) is 15.2. The van der Waals surface area contributed by atoms with Crippen molar-refractivity contribution in [2.24, 2.45) is 0 Å². The Kier molecular flexibility index (Phi) is 6.41. The molecule has 0 aliphatic carbocycles. The molecule has 1 N–H and O–H groups in total. The van der Waals surface area contributed by atoms with Crippen molar-refractivity contribution in [2.75, 3.05) is 26.0 Å². The van der Waals surface area contributed by atoms with Crippen molar-refractivity contribution in [2.45, 2.75) is 38.6 Å². The van der Waals surface area contributed by atoms with Crippen LogP contribution >= 0.6 is 0 Å². The van der Waals surface area contributed by atoms with Gasteiger partial charge in [0.1, 0.15) is 6.04 Å². The molecule has 0 bridgehead atoms. The summed E-state index contributed by atoms with van der Waals surface area (Å²) in [5.74, 6) is -0.697. The average Bonchev–Trinajstić information content (AvgIpc) is 2.88. The van der Waals surface area contributed by atoms with Gasteiger partial charge in [0.05, 0.1) is 19.3 Å². The van der Waals surface area contributed by atoms with Crippen LogP contribution in [0.2, 0.25) is 0 Å². The molecule has 1 rings (SSSR count). The Labute approximate surface area is 119 Å². The van der Waals surface area contributed by atoms with Gasteiger partial charge in [0.25, 0.3) is 0 Å². The highest BCUT2D eigenvalue weighted by atomic mass is 32.2. The second kappa shape index (κ2) is 7.58. The lowest BCUT2D eigenvalue weighted by atomic mass is 10.2. The first-order chi connectivity index (χ1) is 9.42. The summed E-state index contributed by atoms with van der Waals surface area (Å²) >= 11 is 0. The summed E-state index contributed by atoms with van der Waals surface area (Å²) in [4.78, 5) is 23.0. The number of rotatable bonds is 7. The van der Waals surface area contributed by atoms with Crippen molar-refractivity contribution in [1.29, 1.82) is 0 Å². The van der Waals surface area contributed by atoms with Gasteiger partial charge in [-0.2, -0.15) is 4.31 Å². The number of ether oxygens (including phenoxy) is 1. The van der Waals surface area contributed by atoms with Crippen LogP contribution in [0.25, 0.3) is 0 Å². The monoisotopic (exact) mass is 306 g/mol. The Morgan fingerprint density at radius 3 is 2.70 bits per heavy atom. The Hall–Kier alpha value is -1.15. The van der Waals surface area contributed by atoms with Crippen molar-refractivity contribution >= 4 is 21.9 Å². The Morgan fingerprint density at radius 1 is 1.40 bits per heavy atom. The second-order valence-corrected chi connectivity index (χ2v) is 6.74. The van der Waals surface area contributed by atoms with E-state index < -0.39 is 22.0 Å². The highest BCUT2D eigenvalue weighted by Crippen LogP contribution is 2.21. The topological polar surface area (TPSA) is 92.8 Å². The zero-order valence-electron chi connectivity index (χ0n) is 11.9. The smallest absolute Gasteiger partial charge is 0.307 e. The molecule has 1 unspecified atom stereocenters. The van der Waals surface area contributed by atoms with E-state index in [9.17, 15) is 18.0 Å². The van der Waals surface area contributed by atoms with Crippen molar-refractivity contribution in [3.8, 4) is 0 Å². The molecule has 1 atom stereocenters. The van der Waals surface area contributed by atoms with E-state index in [-0.39, 0.29) is 24.6 Å². The third-order valence-corrected chi connectivity index (χ3v) is 5.26. The van der Waals surface area contributed by atoms with Crippen LogP contribution in [0.1, 0.15) is 32.6 Å². The predicted octanol–water partition coefficient (Wildman–Crippen LogP) is -0.130. The molecule has 1 heterocycles. The zero-order valence-corrected chi connectivity index (χ0v) is 12.7. The average molecular weight is 306 g/mol. The summed E-state index contributed by atoms with van der Waals surface area (Å²) in [6.07, 6.45) is 1.80.